The number of nitrogens with zero attached hydrogens (tertiary/aromatic N) is 4. The molecular weight excluding hydrogens is 224 g/mol. The molecule has 0 spiro atoms. The molecule has 0 radical (unpaired) electrons. The fourth-order valence-electron chi connectivity index (χ4n) is 1.97. The average Bonchev–Trinajstić information content (AvgIpc) is 2.83. The highest BCUT2D eigenvalue weighted by Crippen LogP contribution is 2.19. The maximum atomic E-state index is 9.24. The molecule has 4 nitrogen and oxygen atoms in total. The summed E-state index contributed by atoms with van der Waals surface area (Å²) in [6, 6.07) is 11.8. The Morgan fingerprint density at radius 2 is 2.11 bits per heavy atom. The van der Waals surface area contributed by atoms with E-state index in [0.29, 0.717) is 11.4 Å². The highest BCUT2D eigenvalue weighted by atomic mass is 15.1. The maximum absolute atomic E-state index is 9.24. The largest absolute Gasteiger partial charge is 0.287 e. The van der Waals surface area contributed by atoms with Gasteiger partial charge in [-0.05, 0) is 19.1 Å². The van der Waals surface area contributed by atoms with Crippen LogP contribution < -0.4 is 0 Å². The molecule has 0 aliphatic rings. The lowest BCUT2D eigenvalue weighted by atomic mass is 10.1. The third kappa shape index (κ3) is 1.54. The molecule has 0 saturated carbocycles. The number of nitriles is 1. The molecule has 2 heterocycles. The number of benzene rings is 1. The van der Waals surface area contributed by atoms with Gasteiger partial charge in [-0.15, -0.1) is 0 Å². The molecule has 3 rings (SSSR count). The molecule has 0 aliphatic heterocycles. The van der Waals surface area contributed by atoms with Crippen molar-refractivity contribution in [1.82, 2.24) is 14.5 Å². The van der Waals surface area contributed by atoms with Gasteiger partial charge in [0.05, 0.1) is 11.1 Å². The monoisotopic (exact) mass is 234 g/mol. The summed E-state index contributed by atoms with van der Waals surface area (Å²) < 4.78 is 1.82. The molecule has 1 aromatic carbocycles. The molecule has 0 fully saturated rings. The van der Waals surface area contributed by atoms with Crippen LogP contribution >= 0.6 is 0 Å². The first kappa shape index (κ1) is 10.5. The topological polar surface area (TPSA) is 54.5 Å². The number of para-hydroxylation sites is 1. The number of imidazole rings is 1. The van der Waals surface area contributed by atoms with E-state index < -0.39 is 0 Å². The van der Waals surface area contributed by atoms with Gasteiger partial charge in [0.25, 0.3) is 0 Å². The predicted molar refractivity (Wildman–Crippen MR) is 68.3 cm³/mol. The summed E-state index contributed by atoms with van der Waals surface area (Å²) >= 11 is 0. The van der Waals surface area contributed by atoms with Gasteiger partial charge in [-0.3, -0.25) is 4.57 Å². The summed E-state index contributed by atoms with van der Waals surface area (Å²) in [5, 5.41) is 10.2. The summed E-state index contributed by atoms with van der Waals surface area (Å²) in [6.45, 7) is 1.89. The van der Waals surface area contributed by atoms with Gasteiger partial charge in [-0.25, -0.2) is 9.97 Å². The lowest BCUT2D eigenvalue weighted by Gasteiger charge is -2.07. The standard InChI is InChI=1S/C14H10N4/c1-10-16-6-7-18(10)14-12(9-15)8-11-4-2-3-5-13(11)17-14/h2-8H,1H3. The second kappa shape index (κ2) is 3.97. The SMILES string of the molecule is Cc1nccn1-c1nc2ccccc2cc1C#N. The first-order valence-corrected chi connectivity index (χ1v) is 5.60. The number of pyridine rings is 1. The van der Waals surface area contributed by atoms with Crippen molar-refractivity contribution in [3.05, 3.63) is 54.1 Å². The number of rotatable bonds is 1. The van der Waals surface area contributed by atoms with E-state index in [9.17, 15) is 5.26 Å². The molecular formula is C14H10N4. The Morgan fingerprint density at radius 3 is 2.83 bits per heavy atom. The molecule has 0 saturated heterocycles. The molecule has 18 heavy (non-hydrogen) atoms. The third-order valence-electron chi connectivity index (χ3n) is 2.88. The van der Waals surface area contributed by atoms with Crippen LogP contribution in [0.2, 0.25) is 0 Å². The smallest absolute Gasteiger partial charge is 0.156 e. The minimum atomic E-state index is 0.551. The van der Waals surface area contributed by atoms with Crippen LogP contribution in [0.5, 0.6) is 0 Å². The molecule has 4 heteroatoms. The Hall–Kier alpha value is -2.67. The Balaban J connectivity index is 2.35. The van der Waals surface area contributed by atoms with Gasteiger partial charge < -0.3 is 0 Å². The number of hydrogen-bond donors (Lipinski definition) is 0. The van der Waals surface area contributed by atoms with Crippen LogP contribution in [-0.2, 0) is 0 Å². The van der Waals surface area contributed by atoms with Crippen molar-refractivity contribution in [3.63, 3.8) is 0 Å². The summed E-state index contributed by atoms with van der Waals surface area (Å²) in [5.74, 6) is 1.44. The van der Waals surface area contributed by atoms with Crippen molar-refractivity contribution < 1.29 is 0 Å². The Kier molecular flexibility index (Phi) is 2.31. The van der Waals surface area contributed by atoms with E-state index in [0.717, 1.165) is 16.7 Å². The Labute approximate surface area is 104 Å². The number of aryl methyl sites for hydroxylation is 1. The minimum absolute atomic E-state index is 0.551. The van der Waals surface area contributed by atoms with Crippen molar-refractivity contribution in [2.24, 2.45) is 0 Å². The molecule has 0 atom stereocenters. The van der Waals surface area contributed by atoms with Gasteiger partial charge in [0.15, 0.2) is 5.82 Å². The lowest BCUT2D eigenvalue weighted by Crippen LogP contribution is -2.02. The number of aromatic nitrogens is 3. The van der Waals surface area contributed by atoms with Crippen LogP contribution in [0.15, 0.2) is 42.7 Å². The van der Waals surface area contributed by atoms with Crippen molar-refractivity contribution in [3.8, 4) is 11.9 Å². The normalized spacial score (nSPS) is 10.4. The van der Waals surface area contributed by atoms with Crippen LogP contribution in [0, 0.1) is 18.3 Å². The highest BCUT2D eigenvalue weighted by molar-refractivity contribution is 5.81. The first-order valence-electron chi connectivity index (χ1n) is 5.60. The van der Waals surface area contributed by atoms with E-state index in [-0.39, 0.29) is 0 Å². The predicted octanol–water partition coefficient (Wildman–Crippen LogP) is 2.60. The quantitative estimate of drug-likeness (QED) is 0.650. The van der Waals surface area contributed by atoms with Gasteiger partial charge in [-0.1, -0.05) is 18.2 Å². The zero-order chi connectivity index (χ0) is 12.5. The fraction of sp³-hybridized carbons (Fsp3) is 0.0714. The second-order valence-corrected chi connectivity index (χ2v) is 4.01. The zero-order valence-electron chi connectivity index (χ0n) is 9.83. The first-order chi connectivity index (χ1) is 8.79. The molecule has 0 amide bonds. The highest BCUT2D eigenvalue weighted by Gasteiger charge is 2.10. The van der Waals surface area contributed by atoms with E-state index in [1.165, 1.54) is 0 Å². The molecule has 3 aromatic rings. The van der Waals surface area contributed by atoms with Crippen LogP contribution in [0.4, 0.5) is 0 Å². The molecule has 0 aliphatic carbocycles. The molecule has 0 N–H and O–H groups in total. The van der Waals surface area contributed by atoms with E-state index in [2.05, 4.69) is 16.0 Å². The van der Waals surface area contributed by atoms with Gasteiger partial charge >= 0.3 is 0 Å². The van der Waals surface area contributed by atoms with Gasteiger partial charge in [0, 0.05) is 17.8 Å². The molecule has 86 valence electrons. The van der Waals surface area contributed by atoms with E-state index in [4.69, 9.17) is 0 Å². The summed E-state index contributed by atoms with van der Waals surface area (Å²) in [4.78, 5) is 8.71. The fourth-order valence-corrected chi connectivity index (χ4v) is 1.97. The molecule has 2 aromatic heterocycles. The summed E-state index contributed by atoms with van der Waals surface area (Å²) in [6.07, 6.45) is 3.51. The number of hydrogen-bond acceptors (Lipinski definition) is 3. The van der Waals surface area contributed by atoms with Crippen molar-refractivity contribution >= 4 is 10.9 Å². The zero-order valence-corrected chi connectivity index (χ0v) is 9.83. The summed E-state index contributed by atoms with van der Waals surface area (Å²) in [7, 11) is 0. The molecule has 0 bridgehead atoms. The van der Waals surface area contributed by atoms with Crippen molar-refractivity contribution in [2.75, 3.05) is 0 Å². The van der Waals surface area contributed by atoms with Crippen LogP contribution in [0.25, 0.3) is 16.7 Å². The van der Waals surface area contributed by atoms with Crippen molar-refractivity contribution in [1.29, 1.82) is 5.26 Å². The van der Waals surface area contributed by atoms with E-state index in [1.807, 2.05) is 48.0 Å². The maximum Gasteiger partial charge on any atom is 0.156 e. The Morgan fingerprint density at radius 1 is 1.28 bits per heavy atom. The average molecular weight is 234 g/mol. The van der Waals surface area contributed by atoms with Gasteiger partial charge in [0.2, 0.25) is 0 Å². The van der Waals surface area contributed by atoms with Gasteiger partial charge in [0.1, 0.15) is 11.9 Å². The third-order valence-corrected chi connectivity index (χ3v) is 2.88. The second-order valence-electron chi connectivity index (χ2n) is 4.01. The van der Waals surface area contributed by atoms with E-state index in [1.54, 1.807) is 6.20 Å². The minimum Gasteiger partial charge on any atom is -0.287 e. The van der Waals surface area contributed by atoms with Crippen molar-refractivity contribution in [2.45, 2.75) is 6.92 Å². The number of fused-ring (bicyclic) bond motifs is 1. The molecule has 0 unspecified atom stereocenters. The van der Waals surface area contributed by atoms with Gasteiger partial charge in [-0.2, -0.15) is 5.26 Å². The van der Waals surface area contributed by atoms with Crippen LogP contribution in [0.1, 0.15) is 11.4 Å². The van der Waals surface area contributed by atoms with Crippen LogP contribution in [0.3, 0.4) is 0 Å². The lowest BCUT2D eigenvalue weighted by molar-refractivity contribution is 0.936. The van der Waals surface area contributed by atoms with Crippen LogP contribution in [-0.4, -0.2) is 14.5 Å². The summed E-state index contributed by atoms with van der Waals surface area (Å²) in [5.41, 5.74) is 1.43. The van der Waals surface area contributed by atoms with E-state index >= 15 is 0 Å². The Bertz CT molecular complexity index is 765.